The average Bonchev–Trinajstić information content (AvgIpc) is 3.15. The number of benzene rings is 2. The first kappa shape index (κ1) is 20.0. The first-order valence-electron chi connectivity index (χ1n) is 10.2. The highest BCUT2D eigenvalue weighted by atomic mass is 32.1. The van der Waals surface area contributed by atoms with Gasteiger partial charge >= 0.3 is 0 Å². The fourth-order valence-corrected chi connectivity index (χ4v) is 4.64. The Balaban J connectivity index is 1.56. The molecule has 1 saturated heterocycles. The van der Waals surface area contributed by atoms with Crippen LogP contribution in [0.2, 0.25) is 0 Å². The Bertz CT molecular complexity index is 977. The fourth-order valence-electron chi connectivity index (χ4n) is 3.55. The molecule has 2 heterocycles. The molecule has 5 nitrogen and oxygen atoms in total. The zero-order valence-corrected chi connectivity index (χ0v) is 17.9. The molecular weight excluding hydrogens is 382 g/mol. The average molecular weight is 410 g/mol. The summed E-state index contributed by atoms with van der Waals surface area (Å²) in [5.41, 5.74) is 4.01. The van der Waals surface area contributed by atoms with Crippen molar-refractivity contribution in [1.29, 1.82) is 0 Å². The van der Waals surface area contributed by atoms with Gasteiger partial charge in [-0.25, -0.2) is 4.98 Å². The van der Waals surface area contributed by atoms with Crippen LogP contribution in [0, 0.1) is 13.8 Å². The van der Waals surface area contributed by atoms with Gasteiger partial charge in [0.2, 0.25) is 0 Å². The Hall–Kier alpha value is -2.28. The number of thiazole rings is 1. The SMILES string of the molecule is Cc1ccc(C(=O)N(CCCN2CCOCC2)c2nc3ccc(C)cc3s2)cc1. The van der Waals surface area contributed by atoms with Crippen LogP contribution in [0.3, 0.4) is 0 Å². The van der Waals surface area contributed by atoms with E-state index in [2.05, 4.69) is 24.0 Å². The third-order valence-corrected chi connectivity index (χ3v) is 6.31. The van der Waals surface area contributed by atoms with Gasteiger partial charge < -0.3 is 4.74 Å². The van der Waals surface area contributed by atoms with Crippen LogP contribution in [0.4, 0.5) is 5.13 Å². The molecule has 2 aromatic carbocycles. The number of hydrogen-bond acceptors (Lipinski definition) is 5. The Labute approximate surface area is 175 Å². The first-order valence-corrected chi connectivity index (χ1v) is 11.0. The lowest BCUT2D eigenvalue weighted by Crippen LogP contribution is -2.39. The van der Waals surface area contributed by atoms with Crippen molar-refractivity contribution in [1.82, 2.24) is 9.88 Å². The zero-order chi connectivity index (χ0) is 20.2. The molecule has 0 bridgehead atoms. The van der Waals surface area contributed by atoms with Gasteiger partial charge in [0, 0.05) is 31.7 Å². The molecule has 1 aliphatic rings. The van der Waals surface area contributed by atoms with Crippen molar-refractivity contribution in [3.63, 3.8) is 0 Å². The summed E-state index contributed by atoms with van der Waals surface area (Å²) in [5.74, 6) is 0.0164. The molecule has 0 N–H and O–H groups in total. The fraction of sp³-hybridized carbons (Fsp3) is 0.391. The number of hydrogen-bond donors (Lipinski definition) is 0. The third-order valence-electron chi connectivity index (χ3n) is 5.27. The molecule has 0 atom stereocenters. The lowest BCUT2D eigenvalue weighted by molar-refractivity contribution is 0.0376. The second-order valence-corrected chi connectivity index (χ2v) is 8.61. The van der Waals surface area contributed by atoms with Crippen molar-refractivity contribution in [2.45, 2.75) is 20.3 Å². The summed E-state index contributed by atoms with van der Waals surface area (Å²) in [6.45, 7) is 9.25. The number of fused-ring (bicyclic) bond motifs is 1. The molecule has 0 unspecified atom stereocenters. The molecule has 4 rings (SSSR count). The van der Waals surface area contributed by atoms with Crippen LogP contribution in [-0.2, 0) is 4.74 Å². The summed E-state index contributed by atoms with van der Waals surface area (Å²) in [4.78, 5) is 22.4. The van der Waals surface area contributed by atoms with Crippen molar-refractivity contribution in [2.75, 3.05) is 44.3 Å². The molecule has 6 heteroatoms. The minimum Gasteiger partial charge on any atom is -0.379 e. The molecule has 0 spiro atoms. The van der Waals surface area contributed by atoms with E-state index in [1.807, 2.05) is 42.2 Å². The number of aromatic nitrogens is 1. The molecule has 0 aliphatic carbocycles. The van der Waals surface area contributed by atoms with E-state index in [-0.39, 0.29) is 5.91 Å². The van der Waals surface area contributed by atoms with Gasteiger partial charge in [-0.2, -0.15) is 0 Å². The van der Waals surface area contributed by atoms with Gasteiger partial charge in [0.25, 0.3) is 5.91 Å². The highest BCUT2D eigenvalue weighted by Crippen LogP contribution is 2.30. The largest absolute Gasteiger partial charge is 0.379 e. The molecular formula is C23H27N3O2S. The van der Waals surface area contributed by atoms with Gasteiger partial charge in [0.1, 0.15) is 0 Å². The van der Waals surface area contributed by atoms with E-state index in [1.54, 1.807) is 11.3 Å². The predicted molar refractivity (Wildman–Crippen MR) is 119 cm³/mol. The molecule has 152 valence electrons. The molecule has 0 radical (unpaired) electrons. The van der Waals surface area contributed by atoms with Crippen molar-refractivity contribution in [2.24, 2.45) is 0 Å². The monoisotopic (exact) mass is 409 g/mol. The predicted octanol–water partition coefficient (Wildman–Crippen LogP) is 4.28. The lowest BCUT2D eigenvalue weighted by Gasteiger charge is -2.27. The molecule has 0 saturated carbocycles. The number of aryl methyl sites for hydroxylation is 2. The highest BCUT2D eigenvalue weighted by molar-refractivity contribution is 7.22. The van der Waals surface area contributed by atoms with E-state index in [1.165, 1.54) is 5.56 Å². The Kier molecular flexibility index (Phi) is 6.23. The van der Waals surface area contributed by atoms with Crippen molar-refractivity contribution in [3.05, 3.63) is 59.2 Å². The van der Waals surface area contributed by atoms with Gasteiger partial charge in [-0.1, -0.05) is 35.1 Å². The van der Waals surface area contributed by atoms with Gasteiger partial charge in [-0.05, 0) is 50.1 Å². The van der Waals surface area contributed by atoms with E-state index in [0.29, 0.717) is 12.1 Å². The smallest absolute Gasteiger partial charge is 0.260 e. The quantitative estimate of drug-likeness (QED) is 0.610. The van der Waals surface area contributed by atoms with E-state index in [9.17, 15) is 4.79 Å². The molecule has 29 heavy (non-hydrogen) atoms. The summed E-state index contributed by atoms with van der Waals surface area (Å²) in [6, 6.07) is 14.0. The normalized spacial score (nSPS) is 15.0. The first-order chi connectivity index (χ1) is 14.1. The maximum Gasteiger partial charge on any atom is 0.260 e. The van der Waals surface area contributed by atoms with Crippen molar-refractivity contribution < 1.29 is 9.53 Å². The number of anilines is 1. The third kappa shape index (κ3) is 4.83. The maximum absolute atomic E-state index is 13.3. The van der Waals surface area contributed by atoms with Crippen molar-refractivity contribution in [3.8, 4) is 0 Å². The van der Waals surface area contributed by atoms with E-state index in [4.69, 9.17) is 9.72 Å². The molecule has 1 amide bonds. The number of ether oxygens (including phenoxy) is 1. The van der Waals surface area contributed by atoms with Crippen LogP contribution in [0.5, 0.6) is 0 Å². The van der Waals surface area contributed by atoms with Gasteiger partial charge in [0.15, 0.2) is 5.13 Å². The summed E-state index contributed by atoms with van der Waals surface area (Å²) in [7, 11) is 0. The van der Waals surface area contributed by atoms with Gasteiger partial charge in [0.05, 0.1) is 23.4 Å². The summed E-state index contributed by atoms with van der Waals surface area (Å²) in [6.07, 6.45) is 0.909. The zero-order valence-electron chi connectivity index (χ0n) is 17.1. The maximum atomic E-state index is 13.3. The summed E-state index contributed by atoms with van der Waals surface area (Å²) < 4.78 is 6.55. The Morgan fingerprint density at radius 3 is 2.59 bits per heavy atom. The number of nitrogens with zero attached hydrogens (tertiary/aromatic N) is 3. The van der Waals surface area contributed by atoms with Crippen LogP contribution in [0.15, 0.2) is 42.5 Å². The van der Waals surface area contributed by atoms with E-state index < -0.39 is 0 Å². The van der Waals surface area contributed by atoms with Crippen LogP contribution in [0.1, 0.15) is 27.9 Å². The summed E-state index contributed by atoms with van der Waals surface area (Å²) >= 11 is 1.59. The lowest BCUT2D eigenvalue weighted by atomic mass is 10.1. The van der Waals surface area contributed by atoms with Crippen LogP contribution in [0.25, 0.3) is 10.2 Å². The van der Waals surface area contributed by atoms with Crippen LogP contribution < -0.4 is 4.90 Å². The molecule has 1 aromatic heterocycles. The second-order valence-electron chi connectivity index (χ2n) is 7.60. The summed E-state index contributed by atoms with van der Waals surface area (Å²) in [5, 5.41) is 0.776. The molecule has 1 aliphatic heterocycles. The Morgan fingerprint density at radius 1 is 1.10 bits per heavy atom. The van der Waals surface area contributed by atoms with E-state index in [0.717, 1.165) is 60.2 Å². The number of carbonyl (C=O) groups excluding carboxylic acids is 1. The highest BCUT2D eigenvalue weighted by Gasteiger charge is 2.22. The minimum absolute atomic E-state index is 0.0164. The van der Waals surface area contributed by atoms with Crippen LogP contribution in [-0.4, -0.2) is 55.2 Å². The number of carbonyl (C=O) groups is 1. The van der Waals surface area contributed by atoms with Gasteiger partial charge in [-0.15, -0.1) is 0 Å². The van der Waals surface area contributed by atoms with Gasteiger partial charge in [-0.3, -0.25) is 14.6 Å². The topological polar surface area (TPSA) is 45.7 Å². The Morgan fingerprint density at radius 2 is 1.83 bits per heavy atom. The minimum atomic E-state index is 0.0164. The number of morpholine rings is 1. The number of rotatable bonds is 6. The molecule has 3 aromatic rings. The second kappa shape index (κ2) is 9.03. The van der Waals surface area contributed by atoms with E-state index >= 15 is 0 Å². The molecule has 1 fully saturated rings. The standard InChI is InChI=1S/C23H27N3O2S/c1-17-4-7-19(8-5-17)22(27)26(11-3-10-25-12-14-28-15-13-25)23-24-20-9-6-18(2)16-21(20)29-23/h4-9,16H,3,10-15H2,1-2H3. The van der Waals surface area contributed by atoms with Crippen LogP contribution >= 0.6 is 11.3 Å². The van der Waals surface area contributed by atoms with Crippen molar-refractivity contribution >= 4 is 32.6 Å². The number of amides is 1.